The highest BCUT2D eigenvalue weighted by molar-refractivity contribution is 5.96. The topological polar surface area (TPSA) is 69.0 Å². The van der Waals surface area contributed by atoms with Crippen LogP contribution in [-0.4, -0.2) is 27.7 Å². The van der Waals surface area contributed by atoms with Crippen molar-refractivity contribution in [3.05, 3.63) is 71.5 Å². The fourth-order valence-electron chi connectivity index (χ4n) is 3.64. The summed E-state index contributed by atoms with van der Waals surface area (Å²) in [7, 11) is 3.55. The standard InChI is InChI=1S/C24H24N4O2/c1-5-16-11-18(9-10-21(16)24(29)25-3)17-7-6-8-19(12-17)30-20-13-22-23(26-14-20)15(2)27-28(22)4/h6-14H,5H2,1-4H3,(H,25,29). The third-order valence-corrected chi connectivity index (χ3v) is 5.19. The minimum atomic E-state index is -0.0659. The number of nitrogens with one attached hydrogen (secondary N) is 1. The molecule has 0 saturated carbocycles. The first kappa shape index (κ1) is 19.6. The fraction of sp³-hybridized carbons (Fsp3) is 0.208. The minimum Gasteiger partial charge on any atom is -0.456 e. The number of benzene rings is 2. The average Bonchev–Trinajstić information content (AvgIpc) is 3.05. The number of nitrogens with zero attached hydrogens (tertiary/aromatic N) is 3. The summed E-state index contributed by atoms with van der Waals surface area (Å²) in [4.78, 5) is 16.6. The number of hydrogen-bond acceptors (Lipinski definition) is 4. The second kappa shape index (κ2) is 7.99. The van der Waals surface area contributed by atoms with Crippen LogP contribution in [0.3, 0.4) is 0 Å². The molecule has 0 fully saturated rings. The van der Waals surface area contributed by atoms with E-state index in [1.807, 2.05) is 63.4 Å². The molecule has 4 rings (SSSR count). The van der Waals surface area contributed by atoms with Gasteiger partial charge in [-0.25, -0.2) is 4.98 Å². The monoisotopic (exact) mass is 400 g/mol. The molecule has 0 spiro atoms. The molecule has 0 unspecified atom stereocenters. The molecule has 1 N–H and O–H groups in total. The van der Waals surface area contributed by atoms with Crippen LogP contribution in [0.15, 0.2) is 54.7 Å². The highest BCUT2D eigenvalue weighted by Crippen LogP contribution is 2.30. The molecule has 1 amide bonds. The lowest BCUT2D eigenvalue weighted by molar-refractivity contribution is 0.0962. The zero-order valence-electron chi connectivity index (χ0n) is 17.6. The van der Waals surface area contributed by atoms with E-state index in [2.05, 4.69) is 21.5 Å². The lowest BCUT2D eigenvalue weighted by atomic mass is 9.97. The number of carbonyl (C=O) groups excluding carboxylic acids is 1. The minimum absolute atomic E-state index is 0.0659. The molecule has 0 atom stereocenters. The van der Waals surface area contributed by atoms with Crippen LogP contribution in [-0.2, 0) is 13.5 Å². The van der Waals surface area contributed by atoms with Crippen molar-refractivity contribution in [1.29, 1.82) is 0 Å². The lowest BCUT2D eigenvalue weighted by Crippen LogP contribution is -2.19. The first-order valence-electron chi connectivity index (χ1n) is 9.92. The van der Waals surface area contributed by atoms with Gasteiger partial charge in [0.1, 0.15) is 17.0 Å². The maximum atomic E-state index is 12.1. The average molecular weight is 400 g/mol. The number of pyridine rings is 1. The van der Waals surface area contributed by atoms with Crippen molar-refractivity contribution in [3.8, 4) is 22.6 Å². The number of hydrogen-bond donors (Lipinski definition) is 1. The first-order chi connectivity index (χ1) is 14.5. The molecule has 2 aromatic carbocycles. The van der Waals surface area contributed by atoms with Gasteiger partial charge in [-0.05, 0) is 48.2 Å². The van der Waals surface area contributed by atoms with Gasteiger partial charge in [-0.1, -0.05) is 31.2 Å². The van der Waals surface area contributed by atoms with Gasteiger partial charge in [-0.3, -0.25) is 9.48 Å². The van der Waals surface area contributed by atoms with Crippen molar-refractivity contribution in [2.75, 3.05) is 7.05 Å². The normalized spacial score (nSPS) is 10.9. The van der Waals surface area contributed by atoms with Crippen LogP contribution in [0, 0.1) is 6.92 Å². The first-order valence-corrected chi connectivity index (χ1v) is 9.92. The summed E-state index contributed by atoms with van der Waals surface area (Å²) in [5, 5.41) is 7.10. The highest BCUT2D eigenvalue weighted by Gasteiger charge is 2.12. The SMILES string of the molecule is CCc1cc(-c2cccc(Oc3cnc4c(C)nn(C)c4c3)c2)ccc1C(=O)NC. The van der Waals surface area contributed by atoms with Gasteiger partial charge in [0.15, 0.2) is 0 Å². The zero-order chi connectivity index (χ0) is 21.3. The highest BCUT2D eigenvalue weighted by atomic mass is 16.5. The summed E-state index contributed by atoms with van der Waals surface area (Å²) in [5.41, 5.74) is 6.49. The van der Waals surface area contributed by atoms with Crippen molar-refractivity contribution in [1.82, 2.24) is 20.1 Å². The molecule has 2 aromatic heterocycles. The zero-order valence-corrected chi connectivity index (χ0v) is 17.6. The van der Waals surface area contributed by atoms with Crippen molar-refractivity contribution in [3.63, 3.8) is 0 Å². The second-order valence-electron chi connectivity index (χ2n) is 7.18. The smallest absolute Gasteiger partial charge is 0.251 e. The molecule has 0 bridgehead atoms. The Balaban J connectivity index is 1.65. The largest absolute Gasteiger partial charge is 0.456 e. The van der Waals surface area contributed by atoms with Crippen molar-refractivity contribution < 1.29 is 9.53 Å². The van der Waals surface area contributed by atoms with E-state index in [1.54, 1.807) is 17.9 Å². The molecule has 4 aromatic rings. The Morgan fingerprint density at radius 1 is 1.10 bits per heavy atom. The molecular weight excluding hydrogens is 376 g/mol. The van der Waals surface area contributed by atoms with Gasteiger partial charge in [0.05, 0.1) is 17.4 Å². The number of carbonyl (C=O) groups is 1. The Morgan fingerprint density at radius 2 is 1.90 bits per heavy atom. The molecule has 0 aliphatic heterocycles. The second-order valence-corrected chi connectivity index (χ2v) is 7.18. The lowest BCUT2D eigenvalue weighted by Gasteiger charge is -2.11. The maximum Gasteiger partial charge on any atom is 0.251 e. The van der Waals surface area contributed by atoms with Crippen LogP contribution in [0.4, 0.5) is 0 Å². The third kappa shape index (κ3) is 3.64. The van der Waals surface area contributed by atoms with E-state index < -0.39 is 0 Å². The van der Waals surface area contributed by atoms with Crippen LogP contribution in [0.2, 0.25) is 0 Å². The summed E-state index contributed by atoms with van der Waals surface area (Å²) in [6.07, 6.45) is 2.50. The molecule has 0 aliphatic rings. The third-order valence-electron chi connectivity index (χ3n) is 5.19. The molecule has 152 valence electrons. The van der Waals surface area contributed by atoms with E-state index in [1.165, 1.54) is 0 Å². The summed E-state index contributed by atoms with van der Waals surface area (Å²) in [5.74, 6) is 1.32. The molecule has 0 aliphatic carbocycles. The van der Waals surface area contributed by atoms with Crippen molar-refractivity contribution in [2.45, 2.75) is 20.3 Å². The van der Waals surface area contributed by atoms with Gasteiger partial charge in [-0.2, -0.15) is 5.10 Å². The Morgan fingerprint density at radius 3 is 2.67 bits per heavy atom. The van der Waals surface area contributed by atoms with Gasteiger partial charge in [0, 0.05) is 25.7 Å². The van der Waals surface area contributed by atoms with Crippen LogP contribution in [0.5, 0.6) is 11.5 Å². The predicted molar refractivity (Wildman–Crippen MR) is 118 cm³/mol. The molecule has 6 heteroatoms. The van der Waals surface area contributed by atoms with Gasteiger partial charge < -0.3 is 10.1 Å². The summed E-state index contributed by atoms with van der Waals surface area (Å²) in [6.45, 7) is 3.99. The van der Waals surface area contributed by atoms with Gasteiger partial charge in [0.25, 0.3) is 5.91 Å². The quantitative estimate of drug-likeness (QED) is 0.529. The molecular formula is C24H24N4O2. The van der Waals surface area contributed by atoms with Gasteiger partial charge >= 0.3 is 0 Å². The number of ether oxygens (including phenoxy) is 1. The van der Waals surface area contributed by atoms with Crippen LogP contribution in [0.25, 0.3) is 22.2 Å². The molecule has 0 radical (unpaired) electrons. The molecule has 6 nitrogen and oxygen atoms in total. The summed E-state index contributed by atoms with van der Waals surface area (Å²) < 4.78 is 7.89. The van der Waals surface area contributed by atoms with Gasteiger partial charge in [-0.15, -0.1) is 0 Å². The predicted octanol–water partition coefficient (Wildman–Crippen LogP) is 4.66. The fourth-order valence-corrected chi connectivity index (χ4v) is 3.64. The molecule has 30 heavy (non-hydrogen) atoms. The summed E-state index contributed by atoms with van der Waals surface area (Å²) in [6, 6.07) is 15.8. The van der Waals surface area contributed by atoms with Crippen molar-refractivity contribution >= 4 is 16.9 Å². The van der Waals surface area contributed by atoms with Crippen LogP contribution in [0.1, 0.15) is 28.5 Å². The van der Waals surface area contributed by atoms with E-state index in [9.17, 15) is 4.79 Å². The number of aryl methyl sites for hydroxylation is 3. The number of aromatic nitrogens is 3. The number of amides is 1. The van der Waals surface area contributed by atoms with E-state index in [0.717, 1.165) is 45.6 Å². The molecule has 2 heterocycles. The maximum absolute atomic E-state index is 12.1. The summed E-state index contributed by atoms with van der Waals surface area (Å²) >= 11 is 0. The van der Waals surface area contributed by atoms with Crippen LogP contribution < -0.4 is 10.1 Å². The Kier molecular flexibility index (Phi) is 5.23. The van der Waals surface area contributed by atoms with Gasteiger partial charge in [0.2, 0.25) is 0 Å². The van der Waals surface area contributed by atoms with E-state index in [0.29, 0.717) is 11.3 Å². The van der Waals surface area contributed by atoms with E-state index in [-0.39, 0.29) is 5.91 Å². The van der Waals surface area contributed by atoms with Crippen molar-refractivity contribution in [2.24, 2.45) is 7.05 Å². The van der Waals surface area contributed by atoms with Crippen LogP contribution >= 0.6 is 0 Å². The van der Waals surface area contributed by atoms with E-state index >= 15 is 0 Å². The Hall–Kier alpha value is -3.67. The number of fused-ring (bicyclic) bond motifs is 1. The Bertz CT molecular complexity index is 1240. The molecule has 0 saturated heterocycles. The Labute approximate surface area is 175 Å². The number of rotatable bonds is 5. The van der Waals surface area contributed by atoms with E-state index in [4.69, 9.17) is 4.74 Å².